The molecule has 1 fully saturated rings. The van der Waals surface area contributed by atoms with E-state index in [1.165, 1.54) is 0 Å². The number of Topliss-reactive ketones (excluding diaryl/α,β-unsaturated/α-hetero) is 1. The Kier molecular flexibility index (Phi) is 8.41. The molecule has 0 saturated carbocycles. The number of benzene rings is 1. The standard InChI is InChI=1S/C31H38N4O3S/c1-19(31(2,3)4)30(37)35-11-9-20(10-12-35)25-17-34(5)29-27(25)28(38-6)24(16-33-29)14-26(36)21-7-8-22(18-39)23(13-21)15-32/h7-8,13,16-17,19-20,39H,9-12,14,18H2,1-6H3/t19-/m0/s1. The van der Waals surface area contributed by atoms with Crippen molar-refractivity contribution in [2.24, 2.45) is 18.4 Å². The van der Waals surface area contributed by atoms with Crippen molar-refractivity contribution in [3.8, 4) is 11.8 Å². The van der Waals surface area contributed by atoms with Crippen molar-refractivity contribution in [2.75, 3.05) is 20.2 Å². The number of methoxy groups -OCH3 is 1. The van der Waals surface area contributed by atoms with Crippen LogP contribution >= 0.6 is 12.6 Å². The van der Waals surface area contributed by atoms with Crippen LogP contribution in [0, 0.1) is 22.7 Å². The maximum absolute atomic E-state index is 13.2. The predicted octanol–water partition coefficient (Wildman–Crippen LogP) is 5.70. The number of nitrogens with zero attached hydrogens (tertiary/aromatic N) is 4. The van der Waals surface area contributed by atoms with Crippen molar-refractivity contribution in [3.05, 3.63) is 58.4 Å². The minimum atomic E-state index is -0.103. The van der Waals surface area contributed by atoms with Crippen LogP contribution in [0.2, 0.25) is 0 Å². The second-order valence-corrected chi connectivity index (χ2v) is 12.0. The lowest BCUT2D eigenvalue weighted by Crippen LogP contribution is -2.43. The Morgan fingerprint density at radius 3 is 2.51 bits per heavy atom. The van der Waals surface area contributed by atoms with Crippen LogP contribution in [0.1, 0.15) is 79.1 Å². The van der Waals surface area contributed by atoms with Gasteiger partial charge in [-0.2, -0.15) is 17.9 Å². The molecule has 0 unspecified atom stereocenters. The fourth-order valence-electron chi connectivity index (χ4n) is 5.38. The summed E-state index contributed by atoms with van der Waals surface area (Å²) >= 11 is 4.27. The summed E-state index contributed by atoms with van der Waals surface area (Å²) in [5.41, 5.74) is 4.34. The minimum absolute atomic E-state index is 0.0330. The number of likely N-dealkylation sites (tertiary alicyclic amines) is 1. The smallest absolute Gasteiger partial charge is 0.225 e. The lowest BCUT2D eigenvalue weighted by atomic mass is 9.80. The normalized spacial score (nSPS) is 15.3. The van der Waals surface area contributed by atoms with Gasteiger partial charge in [0.15, 0.2) is 5.78 Å². The molecule has 2 aromatic heterocycles. The topological polar surface area (TPSA) is 88.2 Å². The van der Waals surface area contributed by atoms with Crippen molar-refractivity contribution in [3.63, 3.8) is 0 Å². The molecule has 1 aliphatic heterocycles. The SMILES string of the molecule is COc1c(CC(=O)c2ccc(CS)c(C#N)c2)cnc2c1c(C1CCN(C(=O)[C@H](C)C(C)(C)C)CC1)cn2C. The molecule has 3 heterocycles. The third kappa shape index (κ3) is 5.69. The summed E-state index contributed by atoms with van der Waals surface area (Å²) in [7, 11) is 3.60. The van der Waals surface area contributed by atoms with E-state index in [1.54, 1.807) is 31.5 Å². The van der Waals surface area contributed by atoms with E-state index in [2.05, 4.69) is 45.7 Å². The van der Waals surface area contributed by atoms with Gasteiger partial charge in [-0.3, -0.25) is 9.59 Å². The Bertz CT molecular complexity index is 1440. The number of nitriles is 1. The number of pyridine rings is 1. The second-order valence-electron chi connectivity index (χ2n) is 11.6. The van der Waals surface area contributed by atoms with Gasteiger partial charge < -0.3 is 14.2 Å². The molecule has 1 amide bonds. The number of ether oxygens (including phenoxy) is 1. The van der Waals surface area contributed by atoms with Gasteiger partial charge in [-0.1, -0.05) is 39.8 Å². The van der Waals surface area contributed by atoms with Crippen LogP contribution in [-0.2, 0) is 24.0 Å². The Hall–Kier alpha value is -3.31. The number of hydrogen-bond donors (Lipinski definition) is 1. The van der Waals surface area contributed by atoms with Gasteiger partial charge in [0.05, 0.1) is 24.1 Å². The Morgan fingerprint density at radius 1 is 1.23 bits per heavy atom. The summed E-state index contributed by atoms with van der Waals surface area (Å²) in [5, 5.41) is 10.4. The van der Waals surface area contributed by atoms with Crippen molar-refractivity contribution < 1.29 is 14.3 Å². The molecule has 1 aromatic carbocycles. The Balaban J connectivity index is 1.61. The molecule has 0 bridgehead atoms. The maximum Gasteiger partial charge on any atom is 0.225 e. The molecule has 4 rings (SSSR count). The lowest BCUT2D eigenvalue weighted by Gasteiger charge is -2.36. The Labute approximate surface area is 236 Å². The average molecular weight is 547 g/mol. The number of carbonyl (C=O) groups excluding carboxylic acids is 2. The third-order valence-corrected chi connectivity index (χ3v) is 8.57. The predicted molar refractivity (Wildman–Crippen MR) is 156 cm³/mol. The van der Waals surface area contributed by atoms with Crippen molar-refractivity contribution in [1.82, 2.24) is 14.5 Å². The van der Waals surface area contributed by atoms with Gasteiger partial charge in [0, 0.05) is 61.7 Å². The van der Waals surface area contributed by atoms with Crippen LogP contribution in [0.4, 0.5) is 0 Å². The van der Waals surface area contributed by atoms with Crippen molar-refractivity contribution in [2.45, 2.75) is 58.6 Å². The van der Waals surface area contributed by atoms with Crippen LogP contribution in [0.5, 0.6) is 5.75 Å². The largest absolute Gasteiger partial charge is 0.496 e. The number of ketones is 1. The molecule has 3 aromatic rings. The number of hydrogen-bond acceptors (Lipinski definition) is 6. The van der Waals surface area contributed by atoms with Crippen LogP contribution in [-0.4, -0.2) is 46.3 Å². The zero-order chi connectivity index (χ0) is 28.5. The molecule has 206 valence electrons. The number of aryl methyl sites for hydroxylation is 1. The van der Waals surface area contributed by atoms with E-state index in [4.69, 9.17) is 9.72 Å². The first-order chi connectivity index (χ1) is 18.5. The van der Waals surface area contributed by atoms with E-state index in [0.29, 0.717) is 28.2 Å². The van der Waals surface area contributed by atoms with E-state index in [0.717, 1.165) is 48.1 Å². The minimum Gasteiger partial charge on any atom is -0.496 e. The average Bonchev–Trinajstić information content (AvgIpc) is 3.27. The summed E-state index contributed by atoms with van der Waals surface area (Å²) in [6, 6.07) is 7.32. The van der Waals surface area contributed by atoms with Crippen molar-refractivity contribution in [1.29, 1.82) is 5.26 Å². The van der Waals surface area contributed by atoms with Gasteiger partial charge in [0.25, 0.3) is 0 Å². The molecule has 1 saturated heterocycles. The highest BCUT2D eigenvalue weighted by molar-refractivity contribution is 7.79. The van der Waals surface area contributed by atoms with E-state index in [-0.39, 0.29) is 35.4 Å². The first kappa shape index (κ1) is 28.7. The number of thiol groups is 1. The summed E-state index contributed by atoms with van der Waals surface area (Å²) in [4.78, 5) is 33.0. The molecule has 1 atom stereocenters. The number of piperidine rings is 1. The van der Waals surface area contributed by atoms with Crippen LogP contribution in [0.3, 0.4) is 0 Å². The van der Waals surface area contributed by atoms with E-state index in [1.807, 2.05) is 23.4 Å². The number of rotatable bonds is 7. The third-order valence-electron chi connectivity index (χ3n) is 8.23. The van der Waals surface area contributed by atoms with E-state index < -0.39 is 0 Å². The molecular formula is C31H38N4O3S. The maximum atomic E-state index is 13.2. The zero-order valence-corrected chi connectivity index (χ0v) is 24.6. The molecule has 7 nitrogen and oxygen atoms in total. The van der Waals surface area contributed by atoms with Gasteiger partial charge in [-0.25, -0.2) is 4.98 Å². The molecule has 39 heavy (non-hydrogen) atoms. The van der Waals surface area contributed by atoms with Crippen LogP contribution in [0.25, 0.3) is 11.0 Å². The number of fused-ring (bicyclic) bond motifs is 1. The molecule has 8 heteroatoms. The van der Waals surface area contributed by atoms with E-state index in [9.17, 15) is 14.9 Å². The second kappa shape index (κ2) is 11.4. The monoisotopic (exact) mass is 546 g/mol. The molecule has 0 spiro atoms. The Morgan fingerprint density at radius 2 is 1.92 bits per heavy atom. The van der Waals surface area contributed by atoms with Gasteiger partial charge in [0.1, 0.15) is 11.4 Å². The number of carbonyl (C=O) groups is 2. The summed E-state index contributed by atoms with van der Waals surface area (Å²) in [5.74, 6) is 1.45. The highest BCUT2D eigenvalue weighted by atomic mass is 32.1. The lowest BCUT2D eigenvalue weighted by molar-refractivity contribution is -0.139. The quantitative estimate of drug-likeness (QED) is 0.304. The highest BCUT2D eigenvalue weighted by Gasteiger charge is 2.34. The highest BCUT2D eigenvalue weighted by Crippen LogP contribution is 2.40. The zero-order valence-electron chi connectivity index (χ0n) is 23.7. The number of aromatic nitrogens is 2. The summed E-state index contributed by atoms with van der Waals surface area (Å²) in [6.45, 7) is 9.79. The van der Waals surface area contributed by atoms with Gasteiger partial charge in [-0.15, -0.1) is 0 Å². The molecule has 0 N–H and O–H groups in total. The van der Waals surface area contributed by atoms with Crippen LogP contribution in [0.15, 0.2) is 30.6 Å². The summed E-state index contributed by atoms with van der Waals surface area (Å²) < 4.78 is 7.92. The fourth-order valence-corrected chi connectivity index (χ4v) is 5.65. The fraction of sp³-hybridized carbons (Fsp3) is 0.484. The molecule has 1 aliphatic rings. The first-order valence-corrected chi connectivity index (χ1v) is 14.1. The first-order valence-electron chi connectivity index (χ1n) is 13.5. The van der Waals surface area contributed by atoms with Gasteiger partial charge in [0.2, 0.25) is 5.91 Å². The molecule has 0 aliphatic carbocycles. The number of amides is 1. The van der Waals surface area contributed by atoms with Gasteiger partial charge in [-0.05, 0) is 41.4 Å². The van der Waals surface area contributed by atoms with E-state index >= 15 is 0 Å². The summed E-state index contributed by atoms with van der Waals surface area (Å²) in [6.07, 6.45) is 5.67. The van der Waals surface area contributed by atoms with Crippen molar-refractivity contribution >= 4 is 35.4 Å². The van der Waals surface area contributed by atoms with Crippen LogP contribution < -0.4 is 4.74 Å². The molecule has 0 radical (unpaired) electrons. The van der Waals surface area contributed by atoms with Gasteiger partial charge >= 0.3 is 0 Å². The molecular weight excluding hydrogens is 508 g/mol.